The minimum absolute atomic E-state index is 0.192. The lowest BCUT2D eigenvalue weighted by molar-refractivity contribution is -0.274. The molecule has 2 aromatic carbocycles. The van der Waals surface area contributed by atoms with Crippen molar-refractivity contribution in [2.24, 2.45) is 0 Å². The SMILES string of the molecule is CC(C)(C)OC(=O)NC1Cc2ccccc2N(C(=O)Nc2ccc(OC(F)(F)F)cc2)C1. The van der Waals surface area contributed by atoms with Crippen molar-refractivity contribution in [3.63, 3.8) is 0 Å². The quantitative estimate of drug-likeness (QED) is 0.683. The molecule has 1 heterocycles. The Morgan fingerprint density at radius 3 is 2.31 bits per heavy atom. The van der Waals surface area contributed by atoms with Gasteiger partial charge in [0, 0.05) is 17.9 Å². The molecule has 1 unspecified atom stereocenters. The third-order valence-electron chi connectivity index (χ3n) is 4.46. The minimum atomic E-state index is -4.79. The van der Waals surface area contributed by atoms with Crippen LogP contribution in [0, 0.1) is 0 Å². The summed E-state index contributed by atoms with van der Waals surface area (Å²) in [6.45, 7) is 5.46. The second-order valence-corrected chi connectivity index (χ2v) is 8.29. The number of alkyl halides is 3. The summed E-state index contributed by atoms with van der Waals surface area (Å²) in [4.78, 5) is 26.6. The maximum atomic E-state index is 13.0. The van der Waals surface area contributed by atoms with Crippen molar-refractivity contribution in [1.82, 2.24) is 5.32 Å². The molecule has 1 atom stereocenters. The number of rotatable bonds is 3. The molecule has 3 rings (SSSR count). The molecule has 0 fully saturated rings. The predicted octanol–water partition coefficient (Wildman–Crippen LogP) is 5.07. The second kappa shape index (κ2) is 8.97. The zero-order valence-electron chi connectivity index (χ0n) is 17.8. The van der Waals surface area contributed by atoms with E-state index < -0.39 is 24.1 Å². The molecule has 3 amide bonds. The average Bonchev–Trinajstić information content (AvgIpc) is 2.66. The van der Waals surface area contributed by atoms with E-state index in [0.29, 0.717) is 17.8 Å². The number of benzene rings is 2. The molecule has 2 aromatic rings. The number of carbonyl (C=O) groups excluding carboxylic acids is 2. The third-order valence-corrected chi connectivity index (χ3v) is 4.46. The number of carbonyl (C=O) groups is 2. The van der Waals surface area contributed by atoms with Crippen LogP contribution in [0.3, 0.4) is 0 Å². The molecule has 2 N–H and O–H groups in total. The number of para-hydroxylation sites is 1. The van der Waals surface area contributed by atoms with Gasteiger partial charge in [-0.1, -0.05) is 18.2 Å². The van der Waals surface area contributed by atoms with Gasteiger partial charge in [-0.2, -0.15) is 0 Å². The molecule has 0 saturated heterocycles. The summed E-state index contributed by atoms with van der Waals surface area (Å²) >= 11 is 0. The molecular formula is C22H24F3N3O4. The van der Waals surface area contributed by atoms with Crippen molar-refractivity contribution in [2.75, 3.05) is 16.8 Å². The largest absolute Gasteiger partial charge is 0.573 e. The summed E-state index contributed by atoms with van der Waals surface area (Å²) in [5.74, 6) is -0.388. The fourth-order valence-corrected chi connectivity index (χ4v) is 3.29. The smallest absolute Gasteiger partial charge is 0.444 e. The van der Waals surface area contributed by atoms with Gasteiger partial charge in [-0.15, -0.1) is 13.2 Å². The number of hydrogen-bond acceptors (Lipinski definition) is 4. The number of alkyl carbamates (subject to hydrolysis) is 1. The summed E-state index contributed by atoms with van der Waals surface area (Å²) in [5.41, 5.74) is 1.19. The minimum Gasteiger partial charge on any atom is -0.444 e. The maximum absolute atomic E-state index is 13.0. The number of ether oxygens (including phenoxy) is 2. The van der Waals surface area contributed by atoms with E-state index in [1.54, 1.807) is 32.9 Å². The van der Waals surface area contributed by atoms with E-state index in [1.165, 1.54) is 17.0 Å². The molecule has 10 heteroatoms. The number of nitrogens with zero attached hydrogens (tertiary/aromatic N) is 1. The number of nitrogens with one attached hydrogen (secondary N) is 2. The average molecular weight is 451 g/mol. The van der Waals surface area contributed by atoms with Crippen molar-refractivity contribution in [3.05, 3.63) is 54.1 Å². The lowest BCUT2D eigenvalue weighted by Gasteiger charge is -2.35. The molecule has 0 bridgehead atoms. The first-order valence-corrected chi connectivity index (χ1v) is 9.91. The van der Waals surface area contributed by atoms with Gasteiger partial charge in [0.15, 0.2) is 0 Å². The van der Waals surface area contributed by atoms with Crippen LogP contribution in [0.1, 0.15) is 26.3 Å². The van der Waals surface area contributed by atoms with Gasteiger partial charge < -0.3 is 20.1 Å². The first kappa shape index (κ1) is 23.2. The summed E-state index contributed by atoms with van der Waals surface area (Å²) < 4.78 is 46.1. The first-order chi connectivity index (χ1) is 14.9. The van der Waals surface area contributed by atoms with Gasteiger partial charge in [-0.3, -0.25) is 4.90 Å². The van der Waals surface area contributed by atoms with Crippen LogP contribution in [-0.2, 0) is 11.2 Å². The molecule has 1 aliphatic heterocycles. The fraction of sp³-hybridized carbons (Fsp3) is 0.364. The Morgan fingerprint density at radius 2 is 1.69 bits per heavy atom. The predicted molar refractivity (Wildman–Crippen MR) is 113 cm³/mol. The number of urea groups is 1. The van der Waals surface area contributed by atoms with Crippen LogP contribution in [0.5, 0.6) is 5.75 Å². The number of fused-ring (bicyclic) bond motifs is 1. The van der Waals surface area contributed by atoms with Crippen LogP contribution in [0.25, 0.3) is 0 Å². The highest BCUT2D eigenvalue weighted by Gasteiger charge is 2.32. The zero-order valence-corrected chi connectivity index (χ0v) is 17.8. The topological polar surface area (TPSA) is 79.9 Å². The number of halogens is 3. The van der Waals surface area contributed by atoms with Gasteiger partial charge >= 0.3 is 18.5 Å². The van der Waals surface area contributed by atoms with E-state index in [9.17, 15) is 22.8 Å². The molecule has 0 aromatic heterocycles. The van der Waals surface area contributed by atoms with E-state index >= 15 is 0 Å². The summed E-state index contributed by atoms with van der Waals surface area (Å²) in [5, 5.41) is 5.45. The highest BCUT2D eigenvalue weighted by atomic mass is 19.4. The lowest BCUT2D eigenvalue weighted by Crippen LogP contribution is -2.52. The van der Waals surface area contributed by atoms with Gasteiger partial charge in [0.1, 0.15) is 11.4 Å². The Bertz CT molecular complexity index is 972. The van der Waals surface area contributed by atoms with Crippen LogP contribution < -0.4 is 20.3 Å². The van der Waals surface area contributed by atoms with E-state index in [2.05, 4.69) is 15.4 Å². The number of hydrogen-bond donors (Lipinski definition) is 2. The molecule has 0 saturated carbocycles. The van der Waals surface area contributed by atoms with Crippen LogP contribution in [0.4, 0.5) is 34.1 Å². The van der Waals surface area contributed by atoms with E-state index in [-0.39, 0.29) is 18.3 Å². The van der Waals surface area contributed by atoms with Crippen LogP contribution in [0.15, 0.2) is 48.5 Å². The second-order valence-electron chi connectivity index (χ2n) is 8.29. The number of amides is 3. The lowest BCUT2D eigenvalue weighted by atomic mass is 9.98. The summed E-state index contributed by atoms with van der Waals surface area (Å²) in [7, 11) is 0. The standard InChI is InChI=1S/C22H24F3N3O4/c1-21(2,3)32-20(30)27-16-12-14-6-4-5-7-18(14)28(13-16)19(29)26-15-8-10-17(11-9-15)31-22(23,24)25/h4-11,16H,12-13H2,1-3H3,(H,26,29)(H,27,30). The molecule has 32 heavy (non-hydrogen) atoms. The molecule has 7 nitrogen and oxygen atoms in total. The van der Waals surface area contributed by atoms with Crippen LogP contribution >= 0.6 is 0 Å². The Kier molecular flexibility index (Phi) is 6.52. The Morgan fingerprint density at radius 1 is 1.03 bits per heavy atom. The summed E-state index contributed by atoms with van der Waals surface area (Å²) in [6.07, 6.45) is -4.86. The molecule has 0 radical (unpaired) electrons. The summed E-state index contributed by atoms with van der Waals surface area (Å²) in [6, 6.07) is 11.3. The van der Waals surface area contributed by atoms with Gasteiger partial charge in [-0.25, -0.2) is 9.59 Å². The Balaban J connectivity index is 1.72. The van der Waals surface area contributed by atoms with Crippen molar-refractivity contribution >= 4 is 23.5 Å². The number of anilines is 2. The molecule has 0 aliphatic carbocycles. The monoisotopic (exact) mass is 451 g/mol. The fourth-order valence-electron chi connectivity index (χ4n) is 3.29. The normalized spacial score (nSPS) is 16.1. The maximum Gasteiger partial charge on any atom is 0.573 e. The van der Waals surface area contributed by atoms with Gasteiger partial charge in [-0.05, 0) is 63.1 Å². The van der Waals surface area contributed by atoms with Gasteiger partial charge in [0.2, 0.25) is 0 Å². The molecule has 0 spiro atoms. The Hall–Kier alpha value is -3.43. The molecular weight excluding hydrogens is 427 g/mol. The van der Waals surface area contributed by atoms with Gasteiger partial charge in [0.25, 0.3) is 0 Å². The van der Waals surface area contributed by atoms with E-state index in [1.807, 2.05) is 12.1 Å². The van der Waals surface area contributed by atoms with Crippen LogP contribution in [-0.4, -0.2) is 36.7 Å². The van der Waals surface area contributed by atoms with E-state index in [4.69, 9.17) is 4.74 Å². The van der Waals surface area contributed by atoms with Crippen LogP contribution in [0.2, 0.25) is 0 Å². The first-order valence-electron chi connectivity index (χ1n) is 9.91. The molecule has 1 aliphatic rings. The highest BCUT2D eigenvalue weighted by molar-refractivity contribution is 6.02. The highest BCUT2D eigenvalue weighted by Crippen LogP contribution is 2.29. The van der Waals surface area contributed by atoms with Crippen molar-refractivity contribution in [3.8, 4) is 5.75 Å². The Labute approximate surface area is 183 Å². The van der Waals surface area contributed by atoms with Crippen molar-refractivity contribution in [2.45, 2.75) is 45.2 Å². The van der Waals surface area contributed by atoms with Crippen molar-refractivity contribution in [1.29, 1.82) is 0 Å². The zero-order chi connectivity index (χ0) is 23.5. The van der Waals surface area contributed by atoms with Gasteiger partial charge in [0.05, 0.1) is 6.04 Å². The molecule has 172 valence electrons. The van der Waals surface area contributed by atoms with E-state index in [0.717, 1.165) is 17.7 Å². The van der Waals surface area contributed by atoms with Crippen molar-refractivity contribution < 1.29 is 32.2 Å². The third kappa shape index (κ3) is 6.53.